The van der Waals surface area contributed by atoms with Crippen molar-refractivity contribution in [1.29, 1.82) is 0 Å². The maximum absolute atomic E-state index is 5.07. The molecule has 0 aliphatic heterocycles. The molecule has 3 nitrogen and oxygen atoms in total. The molecule has 0 amide bonds. The van der Waals surface area contributed by atoms with Gasteiger partial charge in [0.15, 0.2) is 5.82 Å². The first-order chi connectivity index (χ1) is 5.59. The van der Waals surface area contributed by atoms with Crippen LogP contribution in [0.1, 0.15) is 44.8 Å². The minimum atomic E-state index is 0.381. The van der Waals surface area contributed by atoms with Crippen molar-refractivity contribution in [1.82, 2.24) is 10.1 Å². The summed E-state index contributed by atoms with van der Waals surface area (Å²) in [4.78, 5) is 4.19. The highest BCUT2D eigenvalue weighted by atomic mass is 16.5. The Morgan fingerprint density at radius 2 is 2.00 bits per heavy atom. The summed E-state index contributed by atoms with van der Waals surface area (Å²) in [5, 5.41) is 3.76. The van der Waals surface area contributed by atoms with Crippen LogP contribution in [0.5, 0.6) is 0 Å². The predicted octanol–water partition coefficient (Wildman–Crippen LogP) is 2.53. The van der Waals surface area contributed by atoms with Crippen LogP contribution in [0.2, 0.25) is 0 Å². The molecule has 0 aliphatic rings. The maximum Gasteiger partial charge on any atom is 0.229 e. The van der Waals surface area contributed by atoms with Crippen molar-refractivity contribution in [3.8, 4) is 0 Å². The van der Waals surface area contributed by atoms with Crippen molar-refractivity contribution < 1.29 is 4.52 Å². The van der Waals surface area contributed by atoms with Crippen LogP contribution in [0.4, 0.5) is 0 Å². The Balaban J connectivity index is 2.58. The second-order valence-corrected chi connectivity index (χ2v) is 3.71. The first-order valence-corrected chi connectivity index (χ1v) is 4.39. The van der Waals surface area contributed by atoms with Gasteiger partial charge in [-0.05, 0) is 19.3 Å². The number of hydrogen-bond donors (Lipinski definition) is 0. The normalized spacial score (nSPS) is 13.8. The highest BCUT2D eigenvalue weighted by molar-refractivity contribution is 4.90. The molecule has 1 unspecified atom stereocenters. The van der Waals surface area contributed by atoms with E-state index in [1.807, 2.05) is 6.92 Å². The van der Waals surface area contributed by atoms with Gasteiger partial charge >= 0.3 is 0 Å². The van der Waals surface area contributed by atoms with E-state index in [0.717, 1.165) is 18.1 Å². The SMILES string of the molecule is Cc1noc(C(C)CC(C)C)n1. The summed E-state index contributed by atoms with van der Waals surface area (Å²) in [6.07, 6.45) is 1.10. The fourth-order valence-electron chi connectivity index (χ4n) is 1.32. The van der Waals surface area contributed by atoms with Gasteiger partial charge in [0.2, 0.25) is 5.89 Å². The Bertz CT molecular complexity index is 242. The van der Waals surface area contributed by atoms with Crippen molar-refractivity contribution in [3.63, 3.8) is 0 Å². The standard InChI is InChI=1S/C9H16N2O/c1-6(2)5-7(3)9-10-8(4)11-12-9/h6-7H,5H2,1-4H3. The van der Waals surface area contributed by atoms with Gasteiger partial charge in [-0.25, -0.2) is 0 Å². The third kappa shape index (κ3) is 2.32. The number of aryl methyl sites for hydroxylation is 1. The van der Waals surface area contributed by atoms with Gasteiger partial charge in [-0.1, -0.05) is 25.9 Å². The fourth-order valence-corrected chi connectivity index (χ4v) is 1.32. The Morgan fingerprint density at radius 3 is 2.42 bits per heavy atom. The number of hydrogen-bond acceptors (Lipinski definition) is 3. The largest absolute Gasteiger partial charge is 0.339 e. The average molecular weight is 168 g/mol. The van der Waals surface area contributed by atoms with Gasteiger partial charge in [0.05, 0.1) is 0 Å². The van der Waals surface area contributed by atoms with Crippen molar-refractivity contribution >= 4 is 0 Å². The molecule has 1 heterocycles. The third-order valence-electron chi connectivity index (χ3n) is 1.79. The maximum atomic E-state index is 5.07. The lowest BCUT2D eigenvalue weighted by molar-refractivity contribution is 0.339. The molecule has 0 radical (unpaired) electrons. The van der Waals surface area contributed by atoms with Crippen molar-refractivity contribution in [3.05, 3.63) is 11.7 Å². The molecule has 0 aliphatic carbocycles. The van der Waals surface area contributed by atoms with Gasteiger partial charge in [-0.2, -0.15) is 4.98 Å². The monoisotopic (exact) mass is 168 g/mol. The van der Waals surface area contributed by atoms with Gasteiger partial charge in [-0.15, -0.1) is 0 Å². The first kappa shape index (κ1) is 9.23. The Labute approximate surface area is 73.2 Å². The minimum Gasteiger partial charge on any atom is -0.339 e. The summed E-state index contributed by atoms with van der Waals surface area (Å²) in [5.41, 5.74) is 0. The lowest BCUT2D eigenvalue weighted by atomic mass is 9.99. The number of rotatable bonds is 3. The molecule has 0 spiro atoms. The lowest BCUT2D eigenvalue weighted by Gasteiger charge is -2.08. The molecule has 1 atom stereocenters. The molecule has 68 valence electrons. The molecule has 1 rings (SSSR count). The van der Waals surface area contributed by atoms with E-state index < -0.39 is 0 Å². The van der Waals surface area contributed by atoms with E-state index in [1.54, 1.807) is 0 Å². The first-order valence-electron chi connectivity index (χ1n) is 4.39. The van der Waals surface area contributed by atoms with Crippen LogP contribution in [-0.2, 0) is 0 Å². The molecule has 12 heavy (non-hydrogen) atoms. The quantitative estimate of drug-likeness (QED) is 0.696. The fraction of sp³-hybridized carbons (Fsp3) is 0.778. The molecule has 1 aromatic rings. The van der Waals surface area contributed by atoms with Gasteiger partial charge in [0.25, 0.3) is 0 Å². The number of nitrogens with zero attached hydrogens (tertiary/aromatic N) is 2. The van der Waals surface area contributed by atoms with Crippen molar-refractivity contribution in [2.75, 3.05) is 0 Å². The number of aromatic nitrogens is 2. The van der Waals surface area contributed by atoms with Gasteiger partial charge in [-0.3, -0.25) is 0 Å². The van der Waals surface area contributed by atoms with E-state index >= 15 is 0 Å². The van der Waals surface area contributed by atoms with Crippen LogP contribution >= 0.6 is 0 Å². The summed E-state index contributed by atoms with van der Waals surface area (Å²) in [6, 6.07) is 0. The third-order valence-corrected chi connectivity index (χ3v) is 1.79. The summed E-state index contributed by atoms with van der Waals surface area (Å²) in [7, 11) is 0. The predicted molar refractivity (Wildman–Crippen MR) is 46.9 cm³/mol. The highest BCUT2D eigenvalue weighted by Gasteiger charge is 2.13. The molecule has 0 saturated heterocycles. The summed E-state index contributed by atoms with van der Waals surface area (Å²) in [6.45, 7) is 8.35. The molecular weight excluding hydrogens is 152 g/mol. The van der Waals surface area contributed by atoms with Crippen LogP contribution in [0.15, 0.2) is 4.52 Å². The molecule has 0 N–H and O–H groups in total. The van der Waals surface area contributed by atoms with Crippen LogP contribution in [-0.4, -0.2) is 10.1 Å². The topological polar surface area (TPSA) is 38.9 Å². The summed E-state index contributed by atoms with van der Waals surface area (Å²) in [5.74, 6) is 2.54. The van der Waals surface area contributed by atoms with Crippen LogP contribution in [0.25, 0.3) is 0 Å². The zero-order valence-corrected chi connectivity index (χ0v) is 8.16. The lowest BCUT2D eigenvalue weighted by Crippen LogP contribution is -1.98. The van der Waals surface area contributed by atoms with Crippen LogP contribution in [0.3, 0.4) is 0 Å². The summed E-state index contributed by atoms with van der Waals surface area (Å²) < 4.78 is 5.07. The van der Waals surface area contributed by atoms with Crippen LogP contribution < -0.4 is 0 Å². The molecule has 0 bridgehead atoms. The zero-order valence-electron chi connectivity index (χ0n) is 8.16. The molecule has 3 heteroatoms. The minimum absolute atomic E-state index is 0.381. The second-order valence-electron chi connectivity index (χ2n) is 3.71. The van der Waals surface area contributed by atoms with Gasteiger partial charge in [0, 0.05) is 5.92 Å². The van der Waals surface area contributed by atoms with E-state index in [1.165, 1.54) is 0 Å². The smallest absolute Gasteiger partial charge is 0.229 e. The van der Waals surface area contributed by atoms with Gasteiger partial charge < -0.3 is 4.52 Å². The Kier molecular flexibility index (Phi) is 2.84. The Morgan fingerprint density at radius 1 is 1.33 bits per heavy atom. The highest BCUT2D eigenvalue weighted by Crippen LogP contribution is 2.20. The van der Waals surface area contributed by atoms with E-state index in [0.29, 0.717) is 11.8 Å². The second kappa shape index (κ2) is 3.70. The molecule has 0 saturated carbocycles. The molecule has 1 aromatic heterocycles. The molecule has 0 aromatic carbocycles. The molecular formula is C9H16N2O. The van der Waals surface area contributed by atoms with Crippen molar-refractivity contribution in [2.45, 2.75) is 40.0 Å². The van der Waals surface area contributed by atoms with Crippen LogP contribution in [0, 0.1) is 12.8 Å². The summed E-state index contributed by atoms with van der Waals surface area (Å²) >= 11 is 0. The van der Waals surface area contributed by atoms with E-state index in [-0.39, 0.29) is 0 Å². The zero-order chi connectivity index (χ0) is 9.14. The Hall–Kier alpha value is -0.860. The average Bonchev–Trinajstić information content (AvgIpc) is 2.34. The molecule has 0 fully saturated rings. The van der Waals surface area contributed by atoms with Gasteiger partial charge in [0.1, 0.15) is 0 Å². The van der Waals surface area contributed by atoms with E-state index in [9.17, 15) is 0 Å². The van der Waals surface area contributed by atoms with E-state index in [4.69, 9.17) is 4.52 Å². The van der Waals surface area contributed by atoms with E-state index in [2.05, 4.69) is 30.9 Å². The van der Waals surface area contributed by atoms with Crippen molar-refractivity contribution in [2.24, 2.45) is 5.92 Å².